The van der Waals surface area contributed by atoms with E-state index in [1.54, 1.807) is 23.3 Å². The Kier molecular flexibility index (Phi) is 7.11. The van der Waals surface area contributed by atoms with Gasteiger partial charge < -0.3 is 20.9 Å². The maximum Gasteiger partial charge on any atom is 0.294 e. The number of carbonyl (C=O) groups is 1. The van der Waals surface area contributed by atoms with Crippen molar-refractivity contribution in [3.05, 3.63) is 76.6 Å². The number of sulfone groups is 1. The van der Waals surface area contributed by atoms with Crippen molar-refractivity contribution in [2.24, 2.45) is 5.73 Å². The van der Waals surface area contributed by atoms with Crippen LogP contribution in [0, 0.1) is 10.1 Å². The van der Waals surface area contributed by atoms with Gasteiger partial charge in [-0.2, -0.15) is 10.6 Å². The lowest BCUT2D eigenvalue weighted by Gasteiger charge is -2.41. The van der Waals surface area contributed by atoms with Crippen LogP contribution in [0.25, 0.3) is 11.0 Å². The first-order valence-corrected chi connectivity index (χ1v) is 15.1. The standard InChI is InChI=1S/C24H24N6O8S2/c25-23(31)18-2-1-3-21(22(18)38-16-12-15-6-7-26-24(15)27-14-16)40(36,37)17-4-5-19(20(13-17)30(32)33)28-29-8-10-39(34,35)11-9-29/h1-7,12-14,28,34-35H,8-11H2,(H2,25,31)(H,26,27). The Morgan fingerprint density at radius 3 is 2.62 bits per heavy atom. The number of anilines is 1. The third-order valence-corrected chi connectivity index (χ3v) is 9.71. The van der Waals surface area contributed by atoms with Crippen LogP contribution in [0.1, 0.15) is 10.4 Å². The van der Waals surface area contributed by atoms with Gasteiger partial charge in [0.2, 0.25) is 9.84 Å². The van der Waals surface area contributed by atoms with E-state index in [1.807, 2.05) is 0 Å². The van der Waals surface area contributed by atoms with Crippen molar-refractivity contribution in [3.63, 3.8) is 0 Å². The van der Waals surface area contributed by atoms with E-state index in [4.69, 9.17) is 10.5 Å². The number of rotatable bonds is 8. The molecule has 0 bridgehead atoms. The van der Waals surface area contributed by atoms with Crippen LogP contribution in [0.4, 0.5) is 11.4 Å². The summed E-state index contributed by atoms with van der Waals surface area (Å²) in [6.07, 6.45) is 3.01. The summed E-state index contributed by atoms with van der Waals surface area (Å²) in [6, 6.07) is 10.5. The second-order valence-electron chi connectivity index (χ2n) is 8.93. The van der Waals surface area contributed by atoms with Gasteiger partial charge in [0.25, 0.3) is 11.6 Å². The number of ether oxygens (including phenoxy) is 1. The molecule has 14 nitrogen and oxygen atoms in total. The van der Waals surface area contributed by atoms with E-state index in [9.17, 15) is 32.4 Å². The van der Waals surface area contributed by atoms with Crippen LogP contribution in [-0.4, -0.2) is 67.9 Å². The van der Waals surface area contributed by atoms with E-state index in [-0.39, 0.29) is 47.3 Å². The van der Waals surface area contributed by atoms with Crippen LogP contribution < -0.4 is 15.9 Å². The SMILES string of the molecule is NC(=O)c1cccc(S(=O)(=O)c2ccc(NN3CCS(O)(O)CC3)c([N+](=O)[O-])c2)c1Oc1cnc2[nH]ccc2c1. The van der Waals surface area contributed by atoms with Crippen molar-refractivity contribution < 1.29 is 32.0 Å². The molecule has 2 aromatic carbocycles. The lowest BCUT2D eigenvalue weighted by atomic mass is 10.2. The minimum absolute atomic E-state index is 0.0237. The minimum Gasteiger partial charge on any atom is -0.453 e. The molecule has 0 saturated carbocycles. The number of nitro groups is 1. The number of para-hydroxylation sites is 1. The van der Waals surface area contributed by atoms with E-state index < -0.39 is 46.7 Å². The number of aromatic nitrogens is 2. The first kappa shape index (κ1) is 27.4. The summed E-state index contributed by atoms with van der Waals surface area (Å²) >= 11 is 0. The Bertz CT molecular complexity index is 1730. The molecule has 0 radical (unpaired) electrons. The zero-order valence-electron chi connectivity index (χ0n) is 20.7. The number of nitro benzene ring substituents is 1. The average molecular weight is 589 g/mol. The van der Waals surface area contributed by atoms with Gasteiger partial charge in [-0.1, -0.05) is 6.07 Å². The number of carbonyl (C=O) groups excluding carboxylic acids is 1. The highest BCUT2D eigenvalue weighted by Gasteiger charge is 2.30. The Labute approximate surface area is 229 Å². The van der Waals surface area contributed by atoms with Crippen LogP contribution in [0.5, 0.6) is 11.5 Å². The summed E-state index contributed by atoms with van der Waals surface area (Å²) in [5.41, 5.74) is 8.24. The predicted octanol–water partition coefficient (Wildman–Crippen LogP) is 3.59. The highest BCUT2D eigenvalue weighted by molar-refractivity contribution is 8.24. The van der Waals surface area contributed by atoms with Gasteiger partial charge in [0.1, 0.15) is 22.0 Å². The number of nitrogens with two attached hydrogens (primary N) is 1. The molecular weight excluding hydrogens is 564 g/mol. The molecular formula is C24H24N6O8S2. The second-order valence-corrected chi connectivity index (χ2v) is 13.3. The number of hydrogen-bond acceptors (Lipinski definition) is 11. The van der Waals surface area contributed by atoms with Gasteiger partial charge in [-0.15, -0.1) is 0 Å². The van der Waals surface area contributed by atoms with Gasteiger partial charge in [-0.05, 0) is 36.4 Å². The monoisotopic (exact) mass is 588 g/mol. The first-order valence-electron chi connectivity index (χ1n) is 11.8. The van der Waals surface area contributed by atoms with Gasteiger partial charge >= 0.3 is 0 Å². The summed E-state index contributed by atoms with van der Waals surface area (Å²) in [6.45, 7) is 0.451. The summed E-state index contributed by atoms with van der Waals surface area (Å²) in [5, 5.41) is 14.2. The molecule has 0 unspecified atom stereocenters. The Morgan fingerprint density at radius 2 is 1.93 bits per heavy atom. The number of amides is 1. The van der Waals surface area contributed by atoms with Crippen LogP contribution in [0.2, 0.25) is 0 Å². The average Bonchev–Trinajstić information content (AvgIpc) is 3.38. The summed E-state index contributed by atoms with van der Waals surface area (Å²) in [5.74, 6) is -0.937. The first-order chi connectivity index (χ1) is 18.9. The molecule has 0 aliphatic carbocycles. The maximum absolute atomic E-state index is 13.8. The number of nitrogens with one attached hydrogen (secondary N) is 2. The summed E-state index contributed by atoms with van der Waals surface area (Å²) < 4.78 is 53.0. The maximum atomic E-state index is 13.8. The topological polar surface area (TPSA) is 214 Å². The van der Waals surface area contributed by atoms with E-state index in [1.165, 1.54) is 36.5 Å². The molecule has 5 rings (SSSR count). The molecule has 1 amide bonds. The van der Waals surface area contributed by atoms with Crippen LogP contribution in [-0.2, 0) is 9.84 Å². The highest BCUT2D eigenvalue weighted by Crippen LogP contribution is 2.41. The third-order valence-electron chi connectivity index (χ3n) is 6.26. The molecule has 1 fully saturated rings. The van der Waals surface area contributed by atoms with E-state index >= 15 is 0 Å². The summed E-state index contributed by atoms with van der Waals surface area (Å²) in [7, 11) is -7.15. The van der Waals surface area contributed by atoms with Crippen molar-refractivity contribution in [1.82, 2.24) is 15.0 Å². The van der Waals surface area contributed by atoms with Gasteiger partial charge in [0.05, 0.1) is 33.1 Å². The van der Waals surface area contributed by atoms with Crippen LogP contribution >= 0.6 is 10.6 Å². The smallest absolute Gasteiger partial charge is 0.294 e. The Hall–Kier alpha value is -4.22. The fourth-order valence-electron chi connectivity index (χ4n) is 4.18. The molecule has 4 aromatic rings. The normalized spacial score (nSPS) is 16.4. The number of aromatic amines is 1. The number of primary amides is 1. The number of hydrogen-bond donors (Lipinski definition) is 5. The fourth-order valence-corrected chi connectivity index (χ4v) is 6.83. The van der Waals surface area contributed by atoms with Gasteiger partial charge in [-0.25, -0.2) is 18.4 Å². The van der Waals surface area contributed by atoms with Crippen molar-refractivity contribution in [3.8, 4) is 11.5 Å². The molecule has 3 heterocycles. The van der Waals surface area contributed by atoms with Crippen molar-refractivity contribution in [2.75, 3.05) is 30.0 Å². The van der Waals surface area contributed by atoms with Gasteiger partial charge in [0, 0.05) is 30.7 Å². The largest absolute Gasteiger partial charge is 0.453 e. The quantitative estimate of drug-likeness (QED) is 0.148. The van der Waals surface area contributed by atoms with Gasteiger partial charge in [0.15, 0.2) is 5.75 Å². The zero-order valence-corrected chi connectivity index (χ0v) is 22.3. The molecule has 0 atom stereocenters. The van der Waals surface area contributed by atoms with E-state index in [0.717, 1.165) is 6.07 Å². The van der Waals surface area contributed by atoms with E-state index in [2.05, 4.69) is 15.4 Å². The molecule has 0 spiro atoms. The predicted molar refractivity (Wildman–Crippen MR) is 147 cm³/mol. The number of nitrogens with zero attached hydrogens (tertiary/aromatic N) is 3. The van der Waals surface area contributed by atoms with Crippen LogP contribution in [0.15, 0.2) is 70.7 Å². The van der Waals surface area contributed by atoms with Gasteiger partial charge in [-0.3, -0.25) is 24.0 Å². The van der Waals surface area contributed by atoms with Crippen molar-refractivity contribution in [2.45, 2.75) is 9.79 Å². The molecule has 40 heavy (non-hydrogen) atoms. The molecule has 1 aliphatic heterocycles. The lowest BCUT2D eigenvalue weighted by Crippen LogP contribution is -2.41. The zero-order chi connectivity index (χ0) is 28.7. The number of H-pyrrole nitrogens is 1. The lowest BCUT2D eigenvalue weighted by molar-refractivity contribution is -0.384. The Morgan fingerprint density at radius 1 is 1.18 bits per heavy atom. The van der Waals surface area contributed by atoms with Crippen LogP contribution in [0.3, 0.4) is 0 Å². The molecule has 16 heteroatoms. The second kappa shape index (κ2) is 10.4. The highest BCUT2D eigenvalue weighted by atomic mass is 32.3. The summed E-state index contributed by atoms with van der Waals surface area (Å²) in [4.78, 5) is 29.7. The molecule has 6 N–H and O–H groups in total. The van der Waals surface area contributed by atoms with Crippen molar-refractivity contribution in [1.29, 1.82) is 0 Å². The number of hydrazine groups is 1. The van der Waals surface area contributed by atoms with Crippen molar-refractivity contribution >= 4 is 48.7 Å². The molecule has 1 aliphatic rings. The minimum atomic E-state index is -4.47. The number of benzene rings is 2. The van der Waals surface area contributed by atoms with E-state index in [0.29, 0.717) is 11.0 Å². The molecule has 1 saturated heterocycles. The third kappa shape index (κ3) is 5.43. The number of fused-ring (bicyclic) bond motifs is 1. The molecule has 2 aromatic heterocycles. The fraction of sp³-hybridized carbons (Fsp3) is 0.167. The number of pyridine rings is 1. The molecule has 210 valence electrons. The Balaban J connectivity index is 1.53.